The second-order valence-electron chi connectivity index (χ2n) is 6.24. The third kappa shape index (κ3) is 6.57. The van der Waals surface area contributed by atoms with Crippen LogP contribution in [0.4, 0.5) is 0 Å². The first-order valence-electron chi connectivity index (χ1n) is 8.85. The molecular formula is C20H26Br2N6O. The quantitative estimate of drug-likeness (QED) is 0.197. The van der Waals surface area contributed by atoms with Crippen LogP contribution in [0.2, 0.25) is 0 Å². The molecule has 2 heterocycles. The normalized spacial score (nSPS) is 11.2. The molecule has 3 N–H and O–H groups in total. The van der Waals surface area contributed by atoms with Gasteiger partial charge in [0.15, 0.2) is 12.3 Å². The molecule has 7 nitrogen and oxygen atoms in total. The van der Waals surface area contributed by atoms with E-state index in [9.17, 15) is 0 Å². The number of ether oxygens (including phenoxy) is 1. The number of halogens is 2. The first-order chi connectivity index (χ1) is 13.1. The smallest absolute Gasteiger partial charge is 0.286 e. The molecule has 0 fully saturated rings. The molecule has 29 heavy (non-hydrogen) atoms. The molecule has 0 aliphatic rings. The third-order valence-corrected chi connectivity index (χ3v) is 4.15. The Balaban J connectivity index is 0.00000210. The molecule has 3 rings (SSSR count). The monoisotopic (exact) mass is 524 g/mol. The van der Waals surface area contributed by atoms with Gasteiger partial charge in [0.05, 0.1) is 19.5 Å². The van der Waals surface area contributed by atoms with Crippen LogP contribution in [0.1, 0.15) is 23.7 Å². The summed E-state index contributed by atoms with van der Waals surface area (Å²) < 4.78 is 10.2. The molecule has 0 atom stereocenters. The van der Waals surface area contributed by atoms with Crippen molar-refractivity contribution in [2.75, 3.05) is 6.54 Å². The van der Waals surface area contributed by atoms with Crippen molar-refractivity contribution in [3.63, 3.8) is 0 Å². The number of imidazole rings is 1. The van der Waals surface area contributed by atoms with Crippen LogP contribution >= 0.6 is 17.0 Å². The molecule has 0 saturated carbocycles. The van der Waals surface area contributed by atoms with Gasteiger partial charge in [0.2, 0.25) is 5.96 Å². The van der Waals surface area contributed by atoms with Crippen LogP contribution in [0.5, 0.6) is 5.75 Å². The summed E-state index contributed by atoms with van der Waals surface area (Å²) in [6, 6.07) is 11.9. The van der Waals surface area contributed by atoms with Crippen molar-refractivity contribution in [1.82, 2.24) is 9.99 Å². The zero-order valence-corrected chi connectivity index (χ0v) is 20.0. The molecule has 0 aliphatic carbocycles. The van der Waals surface area contributed by atoms with Gasteiger partial charge in [0.1, 0.15) is 11.9 Å². The van der Waals surface area contributed by atoms with E-state index in [4.69, 9.17) is 10.5 Å². The van der Waals surface area contributed by atoms with Crippen LogP contribution in [0.15, 0.2) is 58.9 Å². The summed E-state index contributed by atoms with van der Waals surface area (Å²) in [7, 11) is 2.05. The minimum atomic E-state index is 0. The lowest BCUT2D eigenvalue weighted by Gasteiger charge is -2.04. The summed E-state index contributed by atoms with van der Waals surface area (Å²) in [6.07, 6.45) is 5.89. The number of hydrogen-bond donors (Lipinski definition) is 2. The SMILES string of the molecule is Br.CCN=C(N)N/N=C/c1ccc(OCc2c[n+]3cc(C)ccc3n2C)cc1.[Br-]. The topological polar surface area (TPSA) is 81.0 Å². The minimum Gasteiger partial charge on any atom is -1.00 e. The number of aliphatic imine (C=N–C) groups is 1. The highest BCUT2D eigenvalue weighted by Gasteiger charge is 2.14. The van der Waals surface area contributed by atoms with Gasteiger partial charge in [-0.25, -0.2) is 14.4 Å². The first kappa shape index (κ1) is 24.6. The number of nitrogens with two attached hydrogens (primary N) is 1. The summed E-state index contributed by atoms with van der Waals surface area (Å²) in [5.41, 5.74) is 12.7. The molecule has 0 saturated heterocycles. The average molecular weight is 526 g/mol. The van der Waals surface area contributed by atoms with E-state index in [0.29, 0.717) is 19.1 Å². The Labute approximate surface area is 191 Å². The van der Waals surface area contributed by atoms with E-state index < -0.39 is 0 Å². The zero-order chi connectivity index (χ0) is 19.2. The van der Waals surface area contributed by atoms with E-state index >= 15 is 0 Å². The number of rotatable bonds is 6. The second-order valence-corrected chi connectivity index (χ2v) is 6.24. The molecule has 0 unspecified atom stereocenters. The third-order valence-electron chi connectivity index (χ3n) is 4.15. The largest absolute Gasteiger partial charge is 1.00 e. The van der Waals surface area contributed by atoms with Crippen molar-refractivity contribution in [1.29, 1.82) is 0 Å². The predicted molar refractivity (Wildman–Crippen MR) is 117 cm³/mol. The lowest BCUT2D eigenvalue weighted by Crippen LogP contribution is -3.00. The standard InChI is InChI=1S/C20H25N6O.2BrH/c1-4-22-20(21)24-23-11-16-6-8-18(9-7-16)27-14-17-13-26-12-15(2)5-10-19(26)25(17)3;;/h5-13H,4,14H2,1-3H3,(H3,21,22,24);2*1H/q+1;;/p-1/b23-11+;;. The van der Waals surface area contributed by atoms with Gasteiger partial charge in [-0.2, -0.15) is 5.10 Å². The van der Waals surface area contributed by atoms with Crippen LogP contribution in [0, 0.1) is 6.92 Å². The van der Waals surface area contributed by atoms with Crippen LogP contribution in [-0.2, 0) is 13.7 Å². The van der Waals surface area contributed by atoms with Gasteiger partial charge in [0.25, 0.3) is 5.65 Å². The fourth-order valence-corrected chi connectivity index (χ4v) is 2.72. The van der Waals surface area contributed by atoms with E-state index in [0.717, 1.165) is 22.7 Å². The van der Waals surface area contributed by atoms with E-state index in [2.05, 4.69) is 55.9 Å². The number of fused-ring (bicyclic) bond motifs is 1. The van der Waals surface area contributed by atoms with E-state index in [1.54, 1.807) is 6.21 Å². The summed E-state index contributed by atoms with van der Waals surface area (Å²) >= 11 is 0. The Hall–Kier alpha value is -2.39. The molecule has 0 bridgehead atoms. The number of nitrogens with zero attached hydrogens (tertiary/aromatic N) is 4. The summed E-state index contributed by atoms with van der Waals surface area (Å²) in [4.78, 5) is 4.00. The van der Waals surface area contributed by atoms with E-state index in [-0.39, 0.29) is 34.0 Å². The van der Waals surface area contributed by atoms with E-state index in [1.165, 1.54) is 5.56 Å². The van der Waals surface area contributed by atoms with Gasteiger partial charge >= 0.3 is 0 Å². The van der Waals surface area contributed by atoms with Gasteiger partial charge in [-0.3, -0.25) is 4.99 Å². The van der Waals surface area contributed by atoms with Gasteiger partial charge in [-0.1, -0.05) is 0 Å². The van der Waals surface area contributed by atoms with Crippen LogP contribution in [-0.4, -0.2) is 23.3 Å². The lowest BCUT2D eigenvalue weighted by molar-refractivity contribution is -0.511. The molecule has 2 aromatic heterocycles. The van der Waals surface area contributed by atoms with Crippen molar-refractivity contribution in [2.24, 2.45) is 22.9 Å². The minimum absolute atomic E-state index is 0. The summed E-state index contributed by atoms with van der Waals surface area (Å²) in [5.74, 6) is 1.11. The molecule has 9 heteroatoms. The van der Waals surface area contributed by atoms with Crippen molar-refractivity contribution >= 4 is 34.8 Å². The molecule has 0 spiro atoms. The highest BCUT2D eigenvalue weighted by molar-refractivity contribution is 8.93. The maximum atomic E-state index is 5.93. The average Bonchev–Trinajstić information content (AvgIpc) is 2.96. The van der Waals surface area contributed by atoms with Gasteiger partial charge in [-0.15, -0.1) is 17.0 Å². The highest BCUT2D eigenvalue weighted by atomic mass is 79.9. The summed E-state index contributed by atoms with van der Waals surface area (Å²) in [5, 5.41) is 4.05. The number of aromatic nitrogens is 2. The van der Waals surface area contributed by atoms with Crippen molar-refractivity contribution < 1.29 is 26.1 Å². The zero-order valence-electron chi connectivity index (χ0n) is 16.7. The second kappa shape index (κ2) is 11.6. The van der Waals surface area contributed by atoms with Gasteiger partial charge in [0, 0.05) is 12.6 Å². The predicted octanol–water partition coefficient (Wildman–Crippen LogP) is -0.509. The number of guanidine groups is 1. The molecule has 0 amide bonds. The Kier molecular flexibility index (Phi) is 9.84. The fraction of sp³-hybridized carbons (Fsp3) is 0.250. The van der Waals surface area contributed by atoms with Gasteiger partial charge < -0.3 is 27.5 Å². The Morgan fingerprint density at radius 3 is 2.62 bits per heavy atom. The highest BCUT2D eigenvalue weighted by Crippen LogP contribution is 2.14. The number of nitrogens with one attached hydrogen (secondary N) is 1. The Morgan fingerprint density at radius 1 is 1.21 bits per heavy atom. The summed E-state index contributed by atoms with van der Waals surface area (Å²) in [6.45, 7) is 5.11. The molecule has 0 radical (unpaired) electrons. The Morgan fingerprint density at radius 2 is 1.93 bits per heavy atom. The maximum absolute atomic E-state index is 5.93. The molecule has 156 valence electrons. The first-order valence-corrected chi connectivity index (χ1v) is 8.85. The molecule has 0 aliphatic heterocycles. The number of hydrogen-bond acceptors (Lipinski definition) is 3. The lowest BCUT2D eigenvalue weighted by atomic mass is 10.2. The maximum Gasteiger partial charge on any atom is 0.286 e. The number of pyridine rings is 1. The molecule has 1 aromatic carbocycles. The molecule has 3 aromatic rings. The van der Waals surface area contributed by atoms with Crippen LogP contribution in [0.3, 0.4) is 0 Å². The Bertz CT molecular complexity index is 983. The number of hydrazone groups is 1. The van der Waals surface area contributed by atoms with Crippen molar-refractivity contribution in [2.45, 2.75) is 20.5 Å². The van der Waals surface area contributed by atoms with Gasteiger partial charge in [-0.05, 0) is 55.3 Å². The van der Waals surface area contributed by atoms with Crippen molar-refractivity contribution in [3.05, 3.63) is 65.6 Å². The molecular weight excluding hydrogens is 500 g/mol. The van der Waals surface area contributed by atoms with Crippen LogP contribution in [0.25, 0.3) is 5.65 Å². The van der Waals surface area contributed by atoms with Crippen LogP contribution < -0.4 is 37.3 Å². The fourth-order valence-electron chi connectivity index (χ4n) is 2.72. The number of benzene rings is 1. The van der Waals surface area contributed by atoms with E-state index in [1.807, 2.05) is 38.2 Å². The van der Waals surface area contributed by atoms with Crippen molar-refractivity contribution in [3.8, 4) is 5.75 Å². The number of aryl methyl sites for hydroxylation is 2.